The van der Waals surface area contributed by atoms with Gasteiger partial charge in [-0.05, 0) is 82.6 Å². The first-order valence-corrected chi connectivity index (χ1v) is 17.4. The minimum atomic E-state index is -0.468. The third kappa shape index (κ3) is 7.97. The van der Waals surface area contributed by atoms with Gasteiger partial charge in [0.15, 0.2) is 0 Å². The second-order valence-corrected chi connectivity index (χ2v) is 13.5. The van der Waals surface area contributed by atoms with Crippen LogP contribution in [-0.2, 0) is 19.4 Å². The van der Waals surface area contributed by atoms with Crippen LogP contribution in [0, 0.1) is 0 Å². The molecule has 0 saturated carbocycles. The lowest BCUT2D eigenvalue weighted by molar-refractivity contribution is 0.0999. The molecule has 0 radical (unpaired) electrons. The van der Waals surface area contributed by atoms with Gasteiger partial charge >= 0.3 is 0 Å². The molecule has 1 amide bonds. The molecule has 0 atom stereocenters. The van der Waals surface area contributed by atoms with Crippen molar-refractivity contribution in [1.82, 2.24) is 5.16 Å². The number of aromatic nitrogens is 1. The van der Waals surface area contributed by atoms with E-state index < -0.39 is 5.91 Å². The van der Waals surface area contributed by atoms with E-state index in [0.717, 1.165) is 38.9 Å². The highest BCUT2D eigenvalue weighted by molar-refractivity contribution is 6.39. The Morgan fingerprint density at radius 2 is 1.44 bits per heavy atom. The van der Waals surface area contributed by atoms with Crippen LogP contribution in [-0.4, -0.2) is 11.1 Å². The molecule has 0 spiro atoms. The Bertz CT molecular complexity index is 2140. The van der Waals surface area contributed by atoms with Gasteiger partial charge in [0.1, 0.15) is 23.8 Å². The van der Waals surface area contributed by atoms with Gasteiger partial charge in [-0.15, -0.1) is 0 Å². The van der Waals surface area contributed by atoms with Crippen molar-refractivity contribution >= 4 is 52.9 Å². The monoisotopic (exact) mass is 720 g/mol. The molecule has 5 nitrogen and oxygen atoms in total. The highest BCUT2D eigenvalue weighted by Crippen LogP contribution is 2.39. The number of nitrogens with two attached hydrogens (primary N) is 1. The van der Waals surface area contributed by atoms with E-state index in [-0.39, 0.29) is 12.5 Å². The molecule has 50 heavy (non-hydrogen) atoms. The number of ether oxygens (including phenoxy) is 1. The van der Waals surface area contributed by atoms with E-state index in [9.17, 15) is 4.79 Å². The predicted octanol–water partition coefficient (Wildman–Crippen LogP) is 11.5. The van der Waals surface area contributed by atoms with E-state index in [1.165, 1.54) is 0 Å². The maximum atomic E-state index is 12.7. The Labute approximate surface area is 307 Å². The van der Waals surface area contributed by atoms with Crippen LogP contribution in [0.5, 0.6) is 5.75 Å². The SMILES string of the molecule is CC(C)c1onc(-c2c(Cl)cccc2Cl)c1COc1ccc(C=Cc2c(Cc3ccccc3)ccc(C(N)=O)c2Cc2ccccc2)c(Cl)c1. The summed E-state index contributed by atoms with van der Waals surface area (Å²) in [4.78, 5) is 12.7. The lowest BCUT2D eigenvalue weighted by Gasteiger charge is -2.16. The summed E-state index contributed by atoms with van der Waals surface area (Å²) in [6.07, 6.45) is 5.22. The fourth-order valence-corrected chi connectivity index (χ4v) is 6.82. The van der Waals surface area contributed by atoms with Crippen molar-refractivity contribution in [2.75, 3.05) is 0 Å². The van der Waals surface area contributed by atoms with Crippen molar-refractivity contribution in [3.05, 3.63) is 175 Å². The average Bonchev–Trinajstić information content (AvgIpc) is 3.52. The van der Waals surface area contributed by atoms with E-state index in [1.807, 2.05) is 98.8 Å². The first-order chi connectivity index (χ1) is 24.2. The van der Waals surface area contributed by atoms with Crippen LogP contribution in [0.1, 0.15) is 74.8 Å². The average molecular weight is 722 g/mol. The zero-order valence-corrected chi connectivity index (χ0v) is 29.9. The van der Waals surface area contributed by atoms with Crippen molar-refractivity contribution in [1.29, 1.82) is 0 Å². The van der Waals surface area contributed by atoms with Gasteiger partial charge in [0.05, 0.1) is 20.6 Å². The van der Waals surface area contributed by atoms with Crippen molar-refractivity contribution in [2.45, 2.75) is 39.2 Å². The van der Waals surface area contributed by atoms with Gasteiger partial charge in [-0.2, -0.15) is 0 Å². The Balaban J connectivity index is 1.32. The number of carbonyl (C=O) groups is 1. The molecule has 0 fully saturated rings. The van der Waals surface area contributed by atoms with Gasteiger partial charge in [0, 0.05) is 17.0 Å². The van der Waals surface area contributed by atoms with E-state index in [2.05, 4.69) is 17.3 Å². The molecule has 0 saturated heterocycles. The Hall–Kier alpha value is -4.81. The molecule has 8 heteroatoms. The van der Waals surface area contributed by atoms with Gasteiger partial charge in [0.25, 0.3) is 0 Å². The van der Waals surface area contributed by atoms with Crippen LogP contribution in [0.3, 0.4) is 0 Å². The van der Waals surface area contributed by atoms with Crippen molar-refractivity contribution in [3.63, 3.8) is 0 Å². The Morgan fingerprint density at radius 3 is 2.06 bits per heavy atom. The van der Waals surface area contributed by atoms with Crippen molar-refractivity contribution in [3.8, 4) is 17.0 Å². The molecule has 2 N–H and O–H groups in total. The summed E-state index contributed by atoms with van der Waals surface area (Å²) >= 11 is 19.9. The number of amides is 1. The van der Waals surface area contributed by atoms with Crippen LogP contribution in [0.2, 0.25) is 15.1 Å². The summed E-state index contributed by atoms with van der Waals surface area (Å²) in [5, 5.41) is 5.77. The maximum absolute atomic E-state index is 12.7. The summed E-state index contributed by atoms with van der Waals surface area (Å²) in [6.45, 7) is 4.22. The second kappa shape index (κ2) is 15.8. The molecule has 0 aliphatic rings. The maximum Gasteiger partial charge on any atom is 0.249 e. The molecule has 0 unspecified atom stereocenters. The summed E-state index contributed by atoms with van der Waals surface area (Å²) in [5.74, 6) is 0.852. The van der Waals surface area contributed by atoms with Gasteiger partial charge in [0.2, 0.25) is 5.91 Å². The zero-order valence-electron chi connectivity index (χ0n) is 27.6. The molecule has 6 aromatic rings. The van der Waals surface area contributed by atoms with Gasteiger partial charge in [-0.3, -0.25) is 4.79 Å². The highest BCUT2D eigenvalue weighted by atomic mass is 35.5. The largest absolute Gasteiger partial charge is 0.489 e. The van der Waals surface area contributed by atoms with Crippen molar-refractivity contribution < 1.29 is 14.1 Å². The third-order valence-corrected chi connectivity index (χ3v) is 9.46. The molecule has 0 aliphatic heterocycles. The first-order valence-electron chi connectivity index (χ1n) is 16.2. The highest BCUT2D eigenvalue weighted by Gasteiger charge is 2.24. The summed E-state index contributed by atoms with van der Waals surface area (Å²) in [6, 6.07) is 35.0. The molecule has 252 valence electrons. The predicted molar refractivity (Wildman–Crippen MR) is 204 cm³/mol. The Morgan fingerprint density at radius 1 is 0.780 bits per heavy atom. The minimum absolute atomic E-state index is 0.0545. The van der Waals surface area contributed by atoms with Crippen LogP contribution in [0.15, 0.2) is 114 Å². The molecular formula is C42H35Cl3N2O3. The summed E-state index contributed by atoms with van der Waals surface area (Å²) in [7, 11) is 0. The van der Waals surface area contributed by atoms with Gasteiger partial charge < -0.3 is 15.0 Å². The smallest absolute Gasteiger partial charge is 0.249 e. The van der Waals surface area contributed by atoms with Crippen LogP contribution >= 0.6 is 34.8 Å². The minimum Gasteiger partial charge on any atom is -0.489 e. The number of hydrogen-bond acceptors (Lipinski definition) is 4. The lowest BCUT2D eigenvalue weighted by atomic mass is 9.88. The first kappa shape index (κ1) is 35.0. The summed E-state index contributed by atoms with van der Waals surface area (Å²) in [5.41, 5.74) is 14.2. The number of halogens is 3. The van der Waals surface area contributed by atoms with E-state index in [0.29, 0.717) is 56.2 Å². The number of primary amides is 1. The molecular weight excluding hydrogens is 687 g/mol. The van der Waals surface area contributed by atoms with Crippen molar-refractivity contribution in [2.24, 2.45) is 5.73 Å². The lowest BCUT2D eigenvalue weighted by Crippen LogP contribution is -2.16. The van der Waals surface area contributed by atoms with Gasteiger partial charge in [-0.1, -0.05) is 139 Å². The number of hydrogen-bond donors (Lipinski definition) is 1. The molecule has 6 rings (SSSR count). The topological polar surface area (TPSA) is 78.3 Å². The molecule has 0 aliphatic carbocycles. The molecule has 1 aromatic heterocycles. The summed E-state index contributed by atoms with van der Waals surface area (Å²) < 4.78 is 12.0. The van der Waals surface area contributed by atoms with E-state index >= 15 is 0 Å². The van der Waals surface area contributed by atoms with E-state index in [1.54, 1.807) is 24.3 Å². The van der Waals surface area contributed by atoms with Crippen LogP contribution in [0.4, 0.5) is 0 Å². The third-order valence-electron chi connectivity index (χ3n) is 8.50. The van der Waals surface area contributed by atoms with E-state index in [4.69, 9.17) is 49.8 Å². The molecule has 0 bridgehead atoms. The number of nitrogens with zero attached hydrogens (tertiary/aromatic N) is 1. The normalized spacial score (nSPS) is 11.4. The fourth-order valence-electron chi connectivity index (χ4n) is 6.01. The quantitative estimate of drug-likeness (QED) is 0.128. The zero-order chi connectivity index (χ0) is 35.2. The number of benzene rings is 5. The van der Waals surface area contributed by atoms with Crippen LogP contribution < -0.4 is 10.5 Å². The molecule has 5 aromatic carbocycles. The Kier molecular flexibility index (Phi) is 11.1. The number of carbonyl (C=O) groups excluding carboxylic acids is 1. The van der Waals surface area contributed by atoms with Gasteiger partial charge in [-0.25, -0.2) is 0 Å². The number of rotatable bonds is 12. The standard InChI is InChI=1S/C42H35Cl3N2O3/c1-26(2)41-35(40(47-50-41)39-36(43)14-9-15-37(39)44)25-49-31-19-16-29(38(45)24-31)17-20-32-30(22-27-10-5-3-6-11-27)18-21-33(42(46)48)34(32)23-28-12-7-4-8-13-28/h3-21,24,26H,22-23,25H2,1-2H3,(H2,46,48). The second-order valence-electron chi connectivity index (χ2n) is 12.3. The fraction of sp³-hybridized carbons (Fsp3) is 0.143. The molecule has 1 heterocycles. The van der Waals surface area contributed by atoms with Crippen LogP contribution in [0.25, 0.3) is 23.4 Å².